The quantitative estimate of drug-likeness (QED) is 0.762. The van der Waals surface area contributed by atoms with Crippen LogP contribution in [0.3, 0.4) is 0 Å². The minimum atomic E-state index is -0.433. The molecule has 1 N–H and O–H groups in total. The summed E-state index contributed by atoms with van der Waals surface area (Å²) in [6.45, 7) is 0. The highest BCUT2D eigenvalue weighted by atomic mass is 32.1. The lowest BCUT2D eigenvalue weighted by molar-refractivity contribution is 0.628. The molecule has 0 saturated heterocycles. The number of aromatic nitrogens is 1. The van der Waals surface area contributed by atoms with Gasteiger partial charge in [0.05, 0.1) is 11.6 Å². The molecule has 0 unspecified atom stereocenters. The van der Waals surface area contributed by atoms with Crippen LogP contribution in [0.4, 0.5) is 4.39 Å². The summed E-state index contributed by atoms with van der Waals surface area (Å²) in [5, 5.41) is 8.74. The first-order valence-corrected chi connectivity index (χ1v) is 5.00. The number of pyridine rings is 1. The summed E-state index contributed by atoms with van der Waals surface area (Å²) in [6, 6.07) is 11.4. The van der Waals surface area contributed by atoms with Gasteiger partial charge in [-0.15, -0.1) is 0 Å². The van der Waals surface area contributed by atoms with E-state index in [-0.39, 0.29) is 5.56 Å². The SMILES string of the molecule is N#Cc1cc(F)cc(-c2cccc(=S)[nH]2)c1. The van der Waals surface area contributed by atoms with Gasteiger partial charge in [-0.2, -0.15) is 5.26 Å². The smallest absolute Gasteiger partial charge is 0.125 e. The van der Waals surface area contributed by atoms with Crippen LogP contribution in [0.15, 0.2) is 36.4 Å². The molecule has 4 heteroatoms. The molecule has 0 spiro atoms. The van der Waals surface area contributed by atoms with Crippen molar-refractivity contribution >= 4 is 12.2 Å². The van der Waals surface area contributed by atoms with Crippen LogP contribution in [0, 0.1) is 21.8 Å². The van der Waals surface area contributed by atoms with E-state index in [0.717, 1.165) is 0 Å². The van der Waals surface area contributed by atoms with Gasteiger partial charge >= 0.3 is 0 Å². The van der Waals surface area contributed by atoms with E-state index in [9.17, 15) is 4.39 Å². The minimum Gasteiger partial charge on any atom is -0.346 e. The maximum absolute atomic E-state index is 13.2. The normalized spacial score (nSPS) is 9.75. The van der Waals surface area contributed by atoms with E-state index in [1.807, 2.05) is 6.07 Å². The van der Waals surface area contributed by atoms with Crippen molar-refractivity contribution in [1.82, 2.24) is 4.98 Å². The molecule has 0 fully saturated rings. The standard InChI is InChI=1S/C12H7FN2S/c13-10-5-8(7-14)4-9(6-10)11-2-1-3-12(16)15-11/h1-6H,(H,15,16). The van der Waals surface area contributed by atoms with Crippen molar-refractivity contribution < 1.29 is 4.39 Å². The largest absolute Gasteiger partial charge is 0.346 e. The van der Waals surface area contributed by atoms with Gasteiger partial charge in [0.15, 0.2) is 0 Å². The number of aromatic amines is 1. The Labute approximate surface area is 97.0 Å². The lowest BCUT2D eigenvalue weighted by Gasteiger charge is -2.02. The maximum Gasteiger partial charge on any atom is 0.125 e. The molecule has 0 aliphatic heterocycles. The molecule has 2 rings (SSSR count). The van der Waals surface area contributed by atoms with Crippen molar-refractivity contribution in [1.29, 1.82) is 5.26 Å². The van der Waals surface area contributed by atoms with Crippen molar-refractivity contribution in [2.45, 2.75) is 0 Å². The predicted molar refractivity (Wildman–Crippen MR) is 61.7 cm³/mol. The van der Waals surface area contributed by atoms with Crippen LogP contribution in [0.1, 0.15) is 5.56 Å². The van der Waals surface area contributed by atoms with Gasteiger partial charge in [-0.05, 0) is 30.3 Å². The third kappa shape index (κ3) is 2.15. The van der Waals surface area contributed by atoms with E-state index in [1.54, 1.807) is 24.3 Å². The fourth-order valence-electron chi connectivity index (χ4n) is 1.43. The van der Waals surface area contributed by atoms with Crippen molar-refractivity contribution in [2.24, 2.45) is 0 Å². The highest BCUT2D eigenvalue weighted by molar-refractivity contribution is 7.71. The summed E-state index contributed by atoms with van der Waals surface area (Å²) in [5.41, 5.74) is 1.60. The molecule has 0 aliphatic carbocycles. The Hall–Kier alpha value is -1.99. The molecular weight excluding hydrogens is 223 g/mol. The van der Waals surface area contributed by atoms with Crippen molar-refractivity contribution in [3.05, 3.63) is 52.4 Å². The Morgan fingerprint density at radius 1 is 1.25 bits per heavy atom. The molecule has 2 aromatic rings. The molecule has 1 aromatic carbocycles. The summed E-state index contributed by atoms with van der Waals surface area (Å²) in [4.78, 5) is 2.94. The topological polar surface area (TPSA) is 39.6 Å². The molecular formula is C12H7FN2S. The van der Waals surface area contributed by atoms with E-state index in [2.05, 4.69) is 4.98 Å². The Morgan fingerprint density at radius 2 is 2.06 bits per heavy atom. The first-order chi connectivity index (χ1) is 7.69. The summed E-state index contributed by atoms with van der Waals surface area (Å²) >= 11 is 4.98. The second-order valence-electron chi connectivity index (χ2n) is 3.27. The van der Waals surface area contributed by atoms with Gasteiger partial charge < -0.3 is 4.98 Å². The second-order valence-corrected chi connectivity index (χ2v) is 3.71. The highest BCUT2D eigenvalue weighted by Crippen LogP contribution is 2.19. The van der Waals surface area contributed by atoms with Gasteiger partial charge in [0.2, 0.25) is 0 Å². The summed E-state index contributed by atoms with van der Waals surface area (Å²) < 4.78 is 13.8. The maximum atomic E-state index is 13.2. The number of nitrogens with one attached hydrogen (secondary N) is 1. The summed E-state index contributed by atoms with van der Waals surface area (Å²) in [7, 11) is 0. The second kappa shape index (κ2) is 4.25. The van der Waals surface area contributed by atoms with Gasteiger partial charge in [-0.25, -0.2) is 4.39 Å². The minimum absolute atomic E-state index is 0.290. The zero-order valence-electron chi connectivity index (χ0n) is 8.20. The fraction of sp³-hybridized carbons (Fsp3) is 0. The number of hydrogen-bond donors (Lipinski definition) is 1. The molecule has 0 aliphatic rings. The Bertz CT molecular complexity index is 625. The third-order valence-electron chi connectivity index (χ3n) is 2.11. The zero-order chi connectivity index (χ0) is 11.5. The Morgan fingerprint density at radius 3 is 2.75 bits per heavy atom. The fourth-order valence-corrected chi connectivity index (χ4v) is 1.61. The number of halogens is 1. The molecule has 1 heterocycles. The highest BCUT2D eigenvalue weighted by Gasteiger charge is 2.02. The molecule has 0 radical (unpaired) electrons. The van der Waals surface area contributed by atoms with Crippen LogP contribution in [0.25, 0.3) is 11.3 Å². The summed E-state index contributed by atoms with van der Waals surface area (Å²) in [5.74, 6) is -0.433. The average molecular weight is 230 g/mol. The van der Waals surface area contributed by atoms with E-state index >= 15 is 0 Å². The molecule has 0 bridgehead atoms. The Balaban J connectivity index is 2.61. The van der Waals surface area contributed by atoms with Crippen LogP contribution in [-0.2, 0) is 0 Å². The molecule has 1 aromatic heterocycles. The first kappa shape index (κ1) is 10.5. The van der Waals surface area contributed by atoms with Gasteiger partial charge in [-0.3, -0.25) is 0 Å². The van der Waals surface area contributed by atoms with Crippen LogP contribution >= 0.6 is 12.2 Å². The average Bonchev–Trinajstić information content (AvgIpc) is 2.28. The van der Waals surface area contributed by atoms with E-state index in [0.29, 0.717) is 15.9 Å². The monoisotopic (exact) mass is 230 g/mol. The van der Waals surface area contributed by atoms with Gasteiger partial charge in [0.1, 0.15) is 10.5 Å². The first-order valence-electron chi connectivity index (χ1n) is 4.59. The number of hydrogen-bond acceptors (Lipinski definition) is 2. The number of benzene rings is 1. The molecule has 2 nitrogen and oxygen atoms in total. The molecule has 0 atom stereocenters. The lowest BCUT2D eigenvalue weighted by atomic mass is 10.1. The van der Waals surface area contributed by atoms with Crippen LogP contribution in [0.5, 0.6) is 0 Å². The lowest BCUT2D eigenvalue weighted by Crippen LogP contribution is -1.87. The van der Waals surface area contributed by atoms with E-state index < -0.39 is 5.82 Å². The molecule has 16 heavy (non-hydrogen) atoms. The van der Waals surface area contributed by atoms with Crippen molar-refractivity contribution in [3.63, 3.8) is 0 Å². The Kier molecular flexibility index (Phi) is 2.80. The van der Waals surface area contributed by atoms with Gasteiger partial charge in [0.25, 0.3) is 0 Å². The van der Waals surface area contributed by atoms with Crippen LogP contribution < -0.4 is 0 Å². The molecule has 0 amide bonds. The van der Waals surface area contributed by atoms with E-state index in [4.69, 9.17) is 17.5 Å². The molecule has 0 saturated carbocycles. The van der Waals surface area contributed by atoms with Crippen LogP contribution in [-0.4, -0.2) is 4.98 Å². The number of nitrogens with zero attached hydrogens (tertiary/aromatic N) is 1. The number of H-pyrrole nitrogens is 1. The predicted octanol–water partition coefficient (Wildman–Crippen LogP) is 3.42. The van der Waals surface area contributed by atoms with Gasteiger partial charge in [-0.1, -0.05) is 18.3 Å². The van der Waals surface area contributed by atoms with Crippen molar-refractivity contribution in [3.8, 4) is 17.3 Å². The van der Waals surface area contributed by atoms with Crippen molar-refractivity contribution in [2.75, 3.05) is 0 Å². The zero-order valence-corrected chi connectivity index (χ0v) is 9.01. The third-order valence-corrected chi connectivity index (χ3v) is 2.34. The van der Waals surface area contributed by atoms with E-state index in [1.165, 1.54) is 12.1 Å². The number of nitriles is 1. The van der Waals surface area contributed by atoms with Gasteiger partial charge in [0, 0.05) is 11.3 Å². The van der Waals surface area contributed by atoms with Crippen LogP contribution in [0.2, 0.25) is 0 Å². The summed E-state index contributed by atoms with van der Waals surface area (Å²) in [6.07, 6.45) is 0. The number of rotatable bonds is 1. The molecule has 78 valence electrons.